The van der Waals surface area contributed by atoms with Crippen molar-refractivity contribution >= 4 is 126 Å². The van der Waals surface area contributed by atoms with E-state index in [0.29, 0.717) is 5.69 Å². The summed E-state index contributed by atoms with van der Waals surface area (Å²) in [4.78, 5) is 2.09. The molecular weight excluding hydrogens is 799 g/mol. The van der Waals surface area contributed by atoms with E-state index in [0.717, 1.165) is 50.4 Å². The van der Waals surface area contributed by atoms with E-state index in [1.165, 1.54) is 42.3 Å². The molecule has 2 aromatic heterocycles. The first-order valence-corrected chi connectivity index (χ1v) is 22.4. The molecule has 0 saturated carbocycles. The quantitative estimate of drug-likeness (QED) is 0.146. The van der Waals surface area contributed by atoms with Crippen LogP contribution in [0.2, 0.25) is 0 Å². The van der Waals surface area contributed by atoms with Crippen molar-refractivity contribution in [2.75, 3.05) is 4.90 Å². The molecule has 0 fully saturated rings. The first kappa shape index (κ1) is 39.5. The van der Waals surface area contributed by atoms with Crippen LogP contribution in [0.1, 0.15) is 22.3 Å². The molecule has 1 aliphatic carbocycles. The summed E-state index contributed by atoms with van der Waals surface area (Å²) in [6.07, 6.45) is 0. The first-order valence-electron chi connectivity index (χ1n) is 21.6. The monoisotopic (exact) mass is 832 g/mol. The first-order chi connectivity index (χ1) is 31.9. The fraction of sp³-hybridized carbons (Fsp3) is 0.0175. The van der Waals surface area contributed by atoms with Crippen molar-refractivity contribution in [2.45, 2.75) is 5.41 Å². The van der Waals surface area contributed by atoms with Crippen LogP contribution in [0.15, 0.2) is 200 Å². The molecule has 8 heteroatoms. The normalized spacial score (nSPS) is 12.7. The molecule has 2 nitrogen and oxygen atoms in total. The highest BCUT2D eigenvalue weighted by Gasteiger charge is 2.46. The predicted octanol–water partition coefficient (Wildman–Crippen LogP) is 9.47. The van der Waals surface area contributed by atoms with Crippen LogP contribution < -0.4 is 32.2 Å². The summed E-state index contributed by atoms with van der Waals surface area (Å²) < 4.78 is 4.84. The molecule has 0 atom stereocenters. The van der Waals surface area contributed by atoms with Gasteiger partial charge in [0.05, 0.1) is 21.1 Å². The maximum absolute atomic E-state index is 7.03. The SMILES string of the molecule is [B]c1c([B])c([B])c(N(c2cccc(-c3cccc4c3sc3c5ccccc5n(-c5ccccc5)c43)c2)c2ccc3c(c2)C(c2ccccc2)(c2ccccc2)c2ccccc2-3)c([B])c1[B]. The van der Waals surface area contributed by atoms with E-state index < -0.39 is 5.41 Å². The smallest absolute Gasteiger partial charge is 0.115 e. The summed E-state index contributed by atoms with van der Waals surface area (Å²) >= 11 is 1.83. The minimum absolute atomic E-state index is 0.164. The number of nitrogens with zero attached hydrogens (tertiary/aromatic N) is 2. The summed E-state index contributed by atoms with van der Waals surface area (Å²) in [6, 6.07) is 71.3. The third-order valence-corrected chi connectivity index (χ3v) is 14.6. The van der Waals surface area contributed by atoms with Crippen LogP contribution in [0.25, 0.3) is 59.1 Å². The number of fused-ring (bicyclic) bond motifs is 8. The van der Waals surface area contributed by atoms with Gasteiger partial charge in [0.2, 0.25) is 0 Å². The van der Waals surface area contributed by atoms with Gasteiger partial charge in [-0.05, 0) is 87.0 Å². The Morgan fingerprint density at radius 1 is 0.415 bits per heavy atom. The highest BCUT2D eigenvalue weighted by atomic mass is 32.1. The molecule has 12 rings (SSSR count). The van der Waals surface area contributed by atoms with E-state index in [-0.39, 0.29) is 27.3 Å². The van der Waals surface area contributed by atoms with Crippen molar-refractivity contribution in [1.29, 1.82) is 0 Å². The van der Waals surface area contributed by atoms with Crippen molar-refractivity contribution in [3.63, 3.8) is 0 Å². The summed E-state index contributed by atoms with van der Waals surface area (Å²) in [5.41, 5.74) is 15.1. The van der Waals surface area contributed by atoms with Gasteiger partial charge in [-0.2, -0.15) is 0 Å². The molecule has 0 saturated heterocycles. The summed E-state index contributed by atoms with van der Waals surface area (Å²) in [6.45, 7) is 0. The molecule has 0 bridgehead atoms. The number of para-hydroxylation sites is 2. The topological polar surface area (TPSA) is 8.17 Å². The van der Waals surface area contributed by atoms with Crippen LogP contribution >= 0.6 is 11.3 Å². The number of rotatable bonds is 7. The highest BCUT2D eigenvalue weighted by molar-refractivity contribution is 7.27. The van der Waals surface area contributed by atoms with Crippen LogP contribution in [0.5, 0.6) is 0 Å². The minimum Gasteiger partial charge on any atom is -0.312 e. The van der Waals surface area contributed by atoms with Crippen LogP contribution in [0, 0.1) is 0 Å². The molecule has 0 amide bonds. The zero-order valence-electron chi connectivity index (χ0n) is 35.2. The number of aromatic nitrogens is 1. The Morgan fingerprint density at radius 2 is 0.969 bits per heavy atom. The van der Waals surface area contributed by atoms with Gasteiger partial charge in [-0.25, -0.2) is 0 Å². The van der Waals surface area contributed by atoms with E-state index in [9.17, 15) is 0 Å². The fourth-order valence-corrected chi connectivity index (χ4v) is 11.8. The Balaban J connectivity index is 1.11. The van der Waals surface area contributed by atoms with Crippen LogP contribution in [0.4, 0.5) is 17.1 Å². The Hall–Kier alpha value is -7.14. The minimum atomic E-state index is -0.643. The van der Waals surface area contributed by atoms with Crippen molar-refractivity contribution in [2.24, 2.45) is 0 Å². The van der Waals surface area contributed by atoms with Crippen molar-refractivity contribution in [1.82, 2.24) is 4.57 Å². The van der Waals surface area contributed by atoms with Crippen LogP contribution in [-0.2, 0) is 5.41 Å². The number of thiophene rings is 1. The third kappa shape index (κ3) is 5.80. The molecule has 292 valence electrons. The molecule has 0 spiro atoms. The summed E-state index contributed by atoms with van der Waals surface area (Å²) in [5, 5.41) is 2.41. The predicted molar refractivity (Wildman–Crippen MR) is 281 cm³/mol. The summed E-state index contributed by atoms with van der Waals surface area (Å²) in [5.74, 6) is 0. The molecular formula is C57H33B5N2S. The van der Waals surface area contributed by atoms with Gasteiger partial charge in [-0.3, -0.25) is 0 Å². The molecule has 2 heterocycles. The molecule has 1 aliphatic rings. The molecule has 65 heavy (non-hydrogen) atoms. The number of benzene rings is 9. The fourth-order valence-electron chi connectivity index (χ4n) is 10.4. The zero-order chi connectivity index (χ0) is 44.0. The van der Waals surface area contributed by atoms with Gasteiger partial charge < -0.3 is 9.47 Å². The molecule has 11 aromatic rings. The van der Waals surface area contributed by atoms with E-state index in [2.05, 4.69) is 210 Å². The number of anilines is 3. The Kier molecular flexibility index (Phi) is 9.26. The van der Waals surface area contributed by atoms with Gasteiger partial charge in [0.25, 0.3) is 0 Å². The van der Waals surface area contributed by atoms with E-state index in [4.69, 9.17) is 39.2 Å². The summed E-state index contributed by atoms with van der Waals surface area (Å²) in [7, 11) is 33.9. The Labute approximate surface area is 389 Å². The van der Waals surface area contributed by atoms with E-state index in [1.807, 2.05) is 11.3 Å². The largest absolute Gasteiger partial charge is 0.312 e. The Morgan fingerprint density at radius 3 is 1.69 bits per heavy atom. The second-order valence-electron chi connectivity index (χ2n) is 16.7. The second-order valence-corrected chi connectivity index (χ2v) is 17.7. The standard InChI is InChI=1S/C57H33B5N2S/c58-48-49(59)51(61)54(52(62)50(48)60)63(39-30-31-42-41-24-10-12-28-45(41)57(46(42)33-39,35-17-4-1-5-18-35)36-19-6-2-7-20-36)38-23-14-16-34(32-38)40-26-15-27-44-53-56(65-55(40)44)43-25-11-13-29-47(43)64(53)37-21-8-3-9-22-37/h1-33H. The average molecular weight is 832 g/mol. The van der Waals surface area contributed by atoms with E-state index in [1.54, 1.807) is 0 Å². The molecule has 0 N–H and O–H groups in total. The maximum Gasteiger partial charge on any atom is 0.115 e. The average Bonchev–Trinajstić information content (AvgIpc) is 4.00. The third-order valence-electron chi connectivity index (χ3n) is 13.3. The number of hydrogen-bond acceptors (Lipinski definition) is 2. The zero-order valence-corrected chi connectivity index (χ0v) is 36.1. The lowest BCUT2D eigenvalue weighted by atomic mass is 9.61. The molecule has 10 radical (unpaired) electrons. The van der Waals surface area contributed by atoms with Crippen molar-refractivity contribution in [3.8, 4) is 27.9 Å². The van der Waals surface area contributed by atoms with Gasteiger partial charge >= 0.3 is 0 Å². The number of hydrogen-bond donors (Lipinski definition) is 0. The van der Waals surface area contributed by atoms with Gasteiger partial charge in [0.1, 0.15) is 39.2 Å². The lowest BCUT2D eigenvalue weighted by Gasteiger charge is -2.36. The van der Waals surface area contributed by atoms with Gasteiger partial charge in [-0.15, -0.1) is 27.7 Å². The van der Waals surface area contributed by atoms with Crippen LogP contribution in [-0.4, -0.2) is 43.8 Å². The molecule has 0 aliphatic heterocycles. The molecule has 0 unspecified atom stereocenters. The van der Waals surface area contributed by atoms with Gasteiger partial charge in [0, 0.05) is 38.2 Å². The maximum atomic E-state index is 7.03. The van der Waals surface area contributed by atoms with Crippen LogP contribution in [0.3, 0.4) is 0 Å². The van der Waals surface area contributed by atoms with Crippen molar-refractivity contribution in [3.05, 3.63) is 222 Å². The van der Waals surface area contributed by atoms with E-state index >= 15 is 0 Å². The lowest BCUT2D eigenvalue weighted by molar-refractivity contribution is 0.768. The van der Waals surface area contributed by atoms with Crippen molar-refractivity contribution < 1.29 is 0 Å². The lowest BCUT2D eigenvalue weighted by Crippen LogP contribution is -2.56. The van der Waals surface area contributed by atoms with Gasteiger partial charge in [0.15, 0.2) is 0 Å². The highest BCUT2D eigenvalue weighted by Crippen LogP contribution is 2.57. The van der Waals surface area contributed by atoms with Gasteiger partial charge in [-0.1, -0.05) is 169 Å². The Bertz CT molecular complexity index is 3610. The second kappa shape index (κ2) is 15.3. The molecule has 9 aromatic carbocycles.